The van der Waals surface area contributed by atoms with Crippen molar-refractivity contribution in [2.45, 2.75) is 0 Å². The van der Waals surface area contributed by atoms with Crippen LogP contribution in [0.3, 0.4) is 0 Å². The molecule has 1 aromatic carbocycles. The second kappa shape index (κ2) is 6.86. The second-order valence-electron chi connectivity index (χ2n) is 4.19. The fourth-order valence-corrected chi connectivity index (χ4v) is 2.06. The van der Waals surface area contributed by atoms with Gasteiger partial charge in [-0.25, -0.2) is 0 Å². The van der Waals surface area contributed by atoms with Gasteiger partial charge in [0.15, 0.2) is 11.5 Å². The topological polar surface area (TPSA) is 92.5 Å². The lowest BCUT2D eigenvalue weighted by Crippen LogP contribution is -2.41. The molecule has 0 unspecified atom stereocenters. The molecule has 0 saturated heterocycles. The molecule has 22 heavy (non-hydrogen) atoms. The summed E-state index contributed by atoms with van der Waals surface area (Å²) >= 11 is 6.02. The van der Waals surface area contributed by atoms with Crippen LogP contribution in [0.4, 0.5) is 0 Å². The van der Waals surface area contributed by atoms with Crippen LogP contribution in [0.5, 0.6) is 11.5 Å². The first kappa shape index (κ1) is 15.7. The molecule has 3 N–H and O–H groups in total. The van der Waals surface area contributed by atoms with Gasteiger partial charge in [-0.05, 0) is 24.3 Å². The molecular weight excluding hydrogens is 310 g/mol. The highest BCUT2D eigenvalue weighted by Crippen LogP contribution is 2.35. The van der Waals surface area contributed by atoms with Crippen molar-refractivity contribution >= 4 is 23.4 Å². The van der Waals surface area contributed by atoms with Crippen molar-refractivity contribution in [3.8, 4) is 11.5 Å². The number of H-pyrrole nitrogens is 1. The van der Waals surface area contributed by atoms with Gasteiger partial charge in [0.25, 0.3) is 11.8 Å². The van der Waals surface area contributed by atoms with E-state index in [0.717, 1.165) is 0 Å². The lowest BCUT2D eigenvalue weighted by Gasteiger charge is -2.12. The van der Waals surface area contributed by atoms with Gasteiger partial charge in [-0.15, -0.1) is 0 Å². The smallest absolute Gasteiger partial charge is 0.286 e. The predicted molar refractivity (Wildman–Crippen MR) is 80.3 cm³/mol. The minimum Gasteiger partial charge on any atom is -0.493 e. The summed E-state index contributed by atoms with van der Waals surface area (Å²) in [4.78, 5) is 26.5. The van der Waals surface area contributed by atoms with Crippen LogP contribution < -0.4 is 20.3 Å². The third-order valence-electron chi connectivity index (χ3n) is 2.83. The Balaban J connectivity index is 2.10. The molecule has 0 atom stereocenters. The van der Waals surface area contributed by atoms with E-state index in [-0.39, 0.29) is 10.6 Å². The second-order valence-corrected chi connectivity index (χ2v) is 4.59. The van der Waals surface area contributed by atoms with Crippen molar-refractivity contribution in [2.24, 2.45) is 0 Å². The van der Waals surface area contributed by atoms with Gasteiger partial charge in [0.05, 0.1) is 19.2 Å². The van der Waals surface area contributed by atoms with Crippen LogP contribution >= 0.6 is 11.6 Å². The van der Waals surface area contributed by atoms with Crippen LogP contribution in [-0.2, 0) is 0 Å². The SMILES string of the molecule is COc1cc(C(=O)NNC(=O)c2ccc[nH]2)cc(Cl)c1OC. The summed E-state index contributed by atoms with van der Waals surface area (Å²) in [6.07, 6.45) is 1.60. The molecule has 0 fully saturated rings. The minimum absolute atomic E-state index is 0.217. The number of ether oxygens (including phenoxy) is 2. The number of hydrazine groups is 1. The van der Waals surface area contributed by atoms with Crippen LogP contribution in [-0.4, -0.2) is 31.0 Å². The summed E-state index contributed by atoms with van der Waals surface area (Å²) in [6.45, 7) is 0. The predicted octanol–water partition coefficient (Wildman–Crippen LogP) is 1.76. The van der Waals surface area contributed by atoms with Gasteiger partial charge in [-0.1, -0.05) is 11.6 Å². The summed E-state index contributed by atoms with van der Waals surface area (Å²) in [5.74, 6) is -0.361. The summed E-state index contributed by atoms with van der Waals surface area (Å²) in [7, 11) is 2.88. The minimum atomic E-state index is -0.539. The number of halogens is 1. The maximum absolute atomic E-state index is 12.0. The molecule has 0 bridgehead atoms. The van der Waals surface area contributed by atoms with Gasteiger partial charge in [0, 0.05) is 11.8 Å². The van der Waals surface area contributed by atoms with Crippen LogP contribution in [0.15, 0.2) is 30.5 Å². The number of aromatic nitrogens is 1. The number of aromatic amines is 1. The number of methoxy groups -OCH3 is 2. The highest BCUT2D eigenvalue weighted by molar-refractivity contribution is 6.32. The quantitative estimate of drug-likeness (QED) is 0.748. The van der Waals surface area contributed by atoms with Gasteiger partial charge in [0.2, 0.25) is 0 Å². The Morgan fingerprint density at radius 1 is 1.14 bits per heavy atom. The van der Waals surface area contributed by atoms with E-state index in [1.54, 1.807) is 18.3 Å². The fraction of sp³-hybridized carbons (Fsp3) is 0.143. The van der Waals surface area contributed by atoms with Gasteiger partial charge in [-0.2, -0.15) is 0 Å². The Labute approximate surface area is 131 Å². The van der Waals surface area contributed by atoms with E-state index in [1.807, 2.05) is 0 Å². The molecule has 1 aromatic heterocycles. The van der Waals surface area contributed by atoms with Gasteiger partial charge < -0.3 is 14.5 Å². The van der Waals surface area contributed by atoms with E-state index in [9.17, 15) is 9.59 Å². The Morgan fingerprint density at radius 3 is 2.45 bits per heavy atom. The molecule has 0 spiro atoms. The number of hydrogen-bond donors (Lipinski definition) is 3. The molecule has 8 heteroatoms. The number of benzene rings is 1. The maximum atomic E-state index is 12.0. The van der Waals surface area contributed by atoms with Crippen molar-refractivity contribution in [2.75, 3.05) is 14.2 Å². The van der Waals surface area contributed by atoms with E-state index in [2.05, 4.69) is 15.8 Å². The molecule has 2 amide bonds. The molecule has 0 aliphatic carbocycles. The van der Waals surface area contributed by atoms with Crippen molar-refractivity contribution in [3.05, 3.63) is 46.7 Å². The number of hydrogen-bond acceptors (Lipinski definition) is 4. The average Bonchev–Trinajstić information content (AvgIpc) is 3.05. The lowest BCUT2D eigenvalue weighted by molar-refractivity contribution is 0.0844. The molecule has 1 heterocycles. The maximum Gasteiger partial charge on any atom is 0.286 e. The van der Waals surface area contributed by atoms with Gasteiger partial charge in [0.1, 0.15) is 5.69 Å². The number of nitrogens with one attached hydrogen (secondary N) is 3. The zero-order valence-corrected chi connectivity index (χ0v) is 12.7. The van der Waals surface area contributed by atoms with Crippen LogP contribution in [0, 0.1) is 0 Å². The standard InChI is InChI=1S/C14H14ClN3O4/c1-21-11-7-8(6-9(15)12(11)22-2)13(19)17-18-14(20)10-4-3-5-16-10/h3-7,16H,1-2H3,(H,17,19)(H,18,20). The van der Waals surface area contributed by atoms with E-state index < -0.39 is 11.8 Å². The van der Waals surface area contributed by atoms with Crippen molar-refractivity contribution in [3.63, 3.8) is 0 Å². The Kier molecular flexibility index (Phi) is 4.90. The molecule has 2 rings (SSSR count). The molecule has 0 aliphatic heterocycles. The Bertz CT molecular complexity index is 686. The first-order valence-corrected chi connectivity index (χ1v) is 6.60. The lowest BCUT2D eigenvalue weighted by atomic mass is 10.2. The van der Waals surface area contributed by atoms with Gasteiger partial charge in [-0.3, -0.25) is 20.4 Å². The van der Waals surface area contributed by atoms with Crippen molar-refractivity contribution < 1.29 is 19.1 Å². The zero-order chi connectivity index (χ0) is 16.1. The highest BCUT2D eigenvalue weighted by atomic mass is 35.5. The summed E-state index contributed by atoms with van der Waals surface area (Å²) in [6, 6.07) is 6.12. The normalized spacial score (nSPS) is 9.95. The number of carbonyl (C=O) groups is 2. The fourth-order valence-electron chi connectivity index (χ4n) is 1.77. The van der Waals surface area contributed by atoms with Crippen LogP contribution in [0.25, 0.3) is 0 Å². The monoisotopic (exact) mass is 323 g/mol. The highest BCUT2D eigenvalue weighted by Gasteiger charge is 2.16. The van der Waals surface area contributed by atoms with Crippen molar-refractivity contribution in [1.29, 1.82) is 0 Å². The van der Waals surface area contributed by atoms with Crippen LogP contribution in [0.2, 0.25) is 5.02 Å². The summed E-state index contributed by atoms with van der Waals surface area (Å²) in [5, 5.41) is 0.225. The van der Waals surface area contributed by atoms with Gasteiger partial charge >= 0.3 is 0 Å². The van der Waals surface area contributed by atoms with E-state index in [1.165, 1.54) is 26.4 Å². The Hall–Kier alpha value is -2.67. The summed E-state index contributed by atoms with van der Waals surface area (Å²) in [5.41, 5.74) is 5.12. The molecule has 0 saturated carbocycles. The summed E-state index contributed by atoms with van der Waals surface area (Å²) < 4.78 is 10.2. The third kappa shape index (κ3) is 3.32. The number of rotatable bonds is 4. The first-order valence-electron chi connectivity index (χ1n) is 6.22. The Morgan fingerprint density at radius 2 is 1.86 bits per heavy atom. The van der Waals surface area contributed by atoms with E-state index in [0.29, 0.717) is 17.2 Å². The molecular formula is C14H14ClN3O4. The molecule has 7 nitrogen and oxygen atoms in total. The van der Waals surface area contributed by atoms with Crippen LogP contribution in [0.1, 0.15) is 20.8 Å². The van der Waals surface area contributed by atoms with E-state index >= 15 is 0 Å². The number of amides is 2. The largest absolute Gasteiger partial charge is 0.493 e. The van der Waals surface area contributed by atoms with E-state index in [4.69, 9.17) is 21.1 Å². The molecule has 0 radical (unpaired) electrons. The number of carbonyl (C=O) groups excluding carboxylic acids is 2. The zero-order valence-electron chi connectivity index (χ0n) is 11.9. The molecule has 116 valence electrons. The molecule has 2 aromatic rings. The average molecular weight is 324 g/mol. The molecule has 0 aliphatic rings. The first-order chi connectivity index (χ1) is 10.6. The third-order valence-corrected chi connectivity index (χ3v) is 3.11. The van der Waals surface area contributed by atoms with Crippen molar-refractivity contribution in [1.82, 2.24) is 15.8 Å².